The Morgan fingerprint density at radius 3 is 2.33 bits per heavy atom. The fourth-order valence-corrected chi connectivity index (χ4v) is 6.18. The molecule has 0 aliphatic heterocycles. The van der Waals surface area contributed by atoms with Gasteiger partial charge in [0.1, 0.15) is 0 Å². The summed E-state index contributed by atoms with van der Waals surface area (Å²) in [7, 11) is -1.71. The van der Waals surface area contributed by atoms with Crippen molar-refractivity contribution in [1.29, 1.82) is 0 Å². The van der Waals surface area contributed by atoms with Gasteiger partial charge in [0.15, 0.2) is 8.32 Å². The van der Waals surface area contributed by atoms with Gasteiger partial charge < -0.3 is 9.53 Å². The zero-order chi connectivity index (χ0) is 22.0. The van der Waals surface area contributed by atoms with Crippen molar-refractivity contribution in [1.82, 2.24) is 0 Å². The first-order valence-corrected chi connectivity index (χ1v) is 14.7. The van der Waals surface area contributed by atoms with Crippen molar-refractivity contribution >= 4 is 20.4 Å². The SMILES string of the molecule is CC(C)(C)[Si](C)(C)OC1CCC(=Cc2cccc(C3(C(=O)O)CCCCC3)c2)CC1. The summed E-state index contributed by atoms with van der Waals surface area (Å²) >= 11 is 0. The molecule has 2 aliphatic rings. The minimum Gasteiger partial charge on any atom is -0.481 e. The van der Waals surface area contributed by atoms with Crippen LogP contribution in [0.4, 0.5) is 0 Å². The zero-order valence-electron chi connectivity index (χ0n) is 19.6. The molecule has 3 nitrogen and oxygen atoms in total. The van der Waals surface area contributed by atoms with Crippen molar-refractivity contribution in [3.05, 3.63) is 41.0 Å². The quantitative estimate of drug-likeness (QED) is 0.500. The van der Waals surface area contributed by atoms with Crippen LogP contribution in [-0.2, 0) is 14.6 Å². The van der Waals surface area contributed by atoms with Gasteiger partial charge in [-0.05, 0) is 67.8 Å². The molecule has 0 atom stereocenters. The maximum absolute atomic E-state index is 12.2. The number of allylic oxidation sites excluding steroid dienone is 1. The number of carboxylic acid groups (broad SMARTS) is 1. The van der Waals surface area contributed by atoms with E-state index in [2.05, 4.69) is 52.1 Å². The minimum absolute atomic E-state index is 0.253. The summed E-state index contributed by atoms with van der Waals surface area (Å²) in [5, 5.41) is 10.3. The lowest BCUT2D eigenvalue weighted by atomic mass is 9.69. The number of benzene rings is 1. The molecule has 2 saturated carbocycles. The normalized spacial score (nSPS) is 22.6. The molecule has 0 spiro atoms. The third-order valence-corrected chi connectivity index (χ3v) is 12.3. The highest BCUT2D eigenvalue weighted by Gasteiger charge is 2.41. The van der Waals surface area contributed by atoms with Gasteiger partial charge in [-0.3, -0.25) is 4.79 Å². The van der Waals surface area contributed by atoms with Crippen LogP contribution in [0, 0.1) is 0 Å². The van der Waals surface area contributed by atoms with E-state index in [1.165, 1.54) is 5.57 Å². The van der Waals surface area contributed by atoms with Crippen molar-refractivity contribution in [2.45, 2.75) is 108 Å². The van der Waals surface area contributed by atoms with E-state index in [4.69, 9.17) is 4.43 Å². The van der Waals surface area contributed by atoms with Gasteiger partial charge in [-0.1, -0.05) is 75.9 Å². The maximum atomic E-state index is 12.2. The van der Waals surface area contributed by atoms with Crippen LogP contribution < -0.4 is 0 Å². The molecule has 0 saturated heterocycles. The zero-order valence-corrected chi connectivity index (χ0v) is 20.6. The first-order chi connectivity index (χ1) is 14.0. The molecule has 3 rings (SSSR count). The summed E-state index contributed by atoms with van der Waals surface area (Å²) in [6.45, 7) is 11.6. The second-order valence-electron chi connectivity index (χ2n) is 11.0. The second-order valence-corrected chi connectivity index (χ2v) is 15.7. The average molecular weight is 429 g/mol. The third kappa shape index (κ3) is 5.08. The lowest BCUT2D eigenvalue weighted by Gasteiger charge is -2.40. The number of rotatable bonds is 5. The van der Waals surface area contributed by atoms with E-state index in [-0.39, 0.29) is 5.04 Å². The molecule has 1 N–H and O–H groups in total. The van der Waals surface area contributed by atoms with Gasteiger partial charge in [-0.15, -0.1) is 0 Å². The van der Waals surface area contributed by atoms with Crippen LogP contribution in [0.3, 0.4) is 0 Å². The molecule has 30 heavy (non-hydrogen) atoms. The van der Waals surface area contributed by atoms with Crippen LogP contribution in [0.2, 0.25) is 18.1 Å². The molecular weight excluding hydrogens is 388 g/mol. The molecule has 0 heterocycles. The van der Waals surface area contributed by atoms with E-state index in [1.54, 1.807) is 0 Å². The van der Waals surface area contributed by atoms with Crippen LogP contribution in [0.15, 0.2) is 29.8 Å². The molecule has 1 aromatic carbocycles. The summed E-state index contributed by atoms with van der Waals surface area (Å²) in [5.41, 5.74) is 2.91. The molecule has 0 radical (unpaired) electrons. The third-order valence-electron chi connectivity index (χ3n) is 7.77. The second kappa shape index (κ2) is 9.00. The van der Waals surface area contributed by atoms with Crippen molar-refractivity contribution in [2.75, 3.05) is 0 Å². The molecule has 0 unspecified atom stereocenters. The molecule has 2 fully saturated rings. The summed E-state index contributed by atoms with van der Waals surface area (Å²) in [5.74, 6) is -0.657. The Morgan fingerprint density at radius 2 is 1.77 bits per heavy atom. The van der Waals surface area contributed by atoms with Gasteiger partial charge in [0.05, 0.1) is 5.41 Å². The maximum Gasteiger partial charge on any atom is 0.314 e. The summed E-state index contributed by atoms with van der Waals surface area (Å²) in [6, 6.07) is 8.30. The highest BCUT2D eigenvalue weighted by Crippen LogP contribution is 2.41. The van der Waals surface area contributed by atoms with Crippen molar-refractivity contribution < 1.29 is 14.3 Å². The summed E-state index contributed by atoms with van der Waals surface area (Å²) in [4.78, 5) is 12.2. The molecule has 0 amide bonds. The van der Waals surface area contributed by atoms with Crippen LogP contribution in [0.1, 0.15) is 89.7 Å². The number of aliphatic carboxylic acids is 1. The first kappa shape index (κ1) is 23.3. The largest absolute Gasteiger partial charge is 0.481 e. The van der Waals surface area contributed by atoms with Gasteiger partial charge in [0.2, 0.25) is 0 Å². The standard InChI is InChI=1S/C26H40O3Si/c1-25(2,3)30(4,5)29-23-14-12-20(13-15-23)18-21-10-9-11-22(19-21)26(24(27)28)16-7-6-8-17-26/h9-11,18-19,23H,6-8,12-17H2,1-5H3,(H,27,28). The van der Waals surface area contributed by atoms with Gasteiger partial charge in [-0.25, -0.2) is 0 Å². The van der Waals surface area contributed by atoms with Crippen molar-refractivity contribution in [3.8, 4) is 0 Å². The lowest BCUT2D eigenvalue weighted by Crippen LogP contribution is -2.44. The van der Waals surface area contributed by atoms with E-state index < -0.39 is 19.7 Å². The Balaban J connectivity index is 1.69. The number of hydrogen-bond donors (Lipinski definition) is 1. The highest BCUT2D eigenvalue weighted by atomic mass is 28.4. The predicted molar refractivity (Wildman–Crippen MR) is 127 cm³/mol. The topological polar surface area (TPSA) is 46.5 Å². The van der Waals surface area contributed by atoms with Crippen LogP contribution in [0.5, 0.6) is 0 Å². The summed E-state index contributed by atoms with van der Waals surface area (Å²) < 4.78 is 6.63. The average Bonchev–Trinajstić information content (AvgIpc) is 2.69. The van der Waals surface area contributed by atoms with Crippen molar-refractivity contribution in [2.24, 2.45) is 0 Å². The number of carbonyl (C=O) groups is 1. The fraction of sp³-hybridized carbons (Fsp3) is 0.654. The van der Waals surface area contributed by atoms with Crippen molar-refractivity contribution in [3.63, 3.8) is 0 Å². The molecule has 0 bridgehead atoms. The summed E-state index contributed by atoms with van der Waals surface area (Å²) in [6.07, 6.45) is 11.7. The smallest absolute Gasteiger partial charge is 0.314 e. The Hall–Kier alpha value is -1.39. The van der Waals surface area contributed by atoms with Crippen LogP contribution >= 0.6 is 0 Å². The van der Waals surface area contributed by atoms with Crippen LogP contribution in [-0.4, -0.2) is 25.5 Å². The van der Waals surface area contributed by atoms with E-state index in [0.29, 0.717) is 6.10 Å². The van der Waals surface area contributed by atoms with Crippen LogP contribution in [0.25, 0.3) is 6.08 Å². The van der Waals surface area contributed by atoms with E-state index in [1.807, 2.05) is 12.1 Å². The Kier molecular flexibility index (Phi) is 6.98. The minimum atomic E-state index is -1.71. The molecule has 2 aliphatic carbocycles. The first-order valence-electron chi connectivity index (χ1n) is 11.7. The van der Waals surface area contributed by atoms with Gasteiger partial charge in [0, 0.05) is 6.10 Å². The monoisotopic (exact) mass is 428 g/mol. The highest BCUT2D eigenvalue weighted by molar-refractivity contribution is 6.74. The number of hydrogen-bond acceptors (Lipinski definition) is 2. The molecule has 4 heteroatoms. The predicted octanol–water partition coefficient (Wildman–Crippen LogP) is 7.32. The lowest BCUT2D eigenvalue weighted by molar-refractivity contribution is -0.145. The van der Waals surface area contributed by atoms with Gasteiger partial charge >= 0.3 is 5.97 Å². The fourth-order valence-electron chi connectivity index (χ4n) is 4.76. The van der Waals surface area contributed by atoms with E-state index >= 15 is 0 Å². The Morgan fingerprint density at radius 1 is 1.13 bits per heavy atom. The molecule has 0 aromatic heterocycles. The van der Waals surface area contributed by atoms with Gasteiger partial charge in [0.25, 0.3) is 0 Å². The molecule has 166 valence electrons. The Bertz CT molecular complexity index is 772. The van der Waals surface area contributed by atoms with Gasteiger partial charge in [-0.2, -0.15) is 0 Å². The van der Waals surface area contributed by atoms with E-state index in [9.17, 15) is 9.90 Å². The number of carboxylic acids is 1. The Labute approximate surface area is 184 Å². The molecule has 1 aromatic rings. The van der Waals surface area contributed by atoms with E-state index in [0.717, 1.165) is 68.9 Å². The molecular formula is C26H40O3Si.